The molecule has 3 aromatic rings. The molecule has 1 amide bonds. The molecule has 0 atom stereocenters. The fourth-order valence-corrected chi connectivity index (χ4v) is 4.68. The van der Waals surface area contributed by atoms with Gasteiger partial charge in [-0.2, -0.15) is 5.10 Å². The highest BCUT2D eigenvalue weighted by atomic mass is 35.5. The second-order valence-electron chi connectivity index (χ2n) is 7.61. The van der Waals surface area contributed by atoms with E-state index in [-0.39, 0.29) is 5.82 Å². The average molecular weight is 491 g/mol. The smallest absolute Gasteiger partial charge is 0.260 e. The third-order valence-corrected chi connectivity index (χ3v) is 6.43. The number of nitrogens with zero attached hydrogens (tertiary/aromatic N) is 3. The number of carbonyl (C=O) groups excluding carboxylic acids is 1. The largest absolute Gasteiger partial charge is 0.315 e. The van der Waals surface area contributed by atoms with Crippen molar-refractivity contribution in [3.05, 3.63) is 81.9 Å². The van der Waals surface area contributed by atoms with E-state index >= 15 is 0 Å². The Hall–Kier alpha value is -3.17. The normalized spacial score (nSPS) is 11.7. The molecule has 174 valence electrons. The van der Waals surface area contributed by atoms with Gasteiger partial charge in [0.2, 0.25) is 10.0 Å². The first-order valence-electron chi connectivity index (χ1n) is 9.98. The molecule has 3 rings (SSSR count). The number of hydrazone groups is 1. The predicted molar refractivity (Wildman–Crippen MR) is 129 cm³/mol. The van der Waals surface area contributed by atoms with Gasteiger partial charge in [-0.3, -0.25) is 9.10 Å². The van der Waals surface area contributed by atoms with Crippen molar-refractivity contribution in [1.29, 1.82) is 0 Å². The van der Waals surface area contributed by atoms with Crippen molar-refractivity contribution in [2.24, 2.45) is 5.10 Å². The Bertz CT molecular complexity index is 1340. The molecule has 0 saturated heterocycles. The van der Waals surface area contributed by atoms with Gasteiger partial charge in [-0.1, -0.05) is 23.7 Å². The van der Waals surface area contributed by atoms with Crippen molar-refractivity contribution < 1.29 is 17.6 Å². The lowest BCUT2D eigenvalue weighted by molar-refractivity contribution is -0.119. The Morgan fingerprint density at radius 3 is 2.52 bits per heavy atom. The molecule has 0 unspecified atom stereocenters. The van der Waals surface area contributed by atoms with Crippen LogP contribution in [0.3, 0.4) is 0 Å². The van der Waals surface area contributed by atoms with Crippen molar-refractivity contribution >= 4 is 39.4 Å². The fourth-order valence-electron chi connectivity index (χ4n) is 3.54. The van der Waals surface area contributed by atoms with Gasteiger partial charge in [-0.25, -0.2) is 18.2 Å². The Kier molecular flexibility index (Phi) is 7.24. The maximum absolute atomic E-state index is 14.2. The van der Waals surface area contributed by atoms with Crippen molar-refractivity contribution in [1.82, 2.24) is 9.99 Å². The fraction of sp³-hybridized carbons (Fsp3) is 0.217. The summed E-state index contributed by atoms with van der Waals surface area (Å²) in [6.07, 6.45) is 2.46. The molecule has 0 saturated carbocycles. The number of hydrogen-bond donors (Lipinski definition) is 1. The van der Waals surface area contributed by atoms with Gasteiger partial charge in [0.25, 0.3) is 5.91 Å². The van der Waals surface area contributed by atoms with Crippen molar-refractivity contribution in [3.63, 3.8) is 0 Å². The maximum atomic E-state index is 14.2. The van der Waals surface area contributed by atoms with Crippen LogP contribution in [0.5, 0.6) is 0 Å². The van der Waals surface area contributed by atoms with Crippen LogP contribution < -0.4 is 9.73 Å². The third kappa shape index (κ3) is 5.61. The Morgan fingerprint density at radius 2 is 1.88 bits per heavy atom. The summed E-state index contributed by atoms with van der Waals surface area (Å²) >= 11 is 5.95. The topological polar surface area (TPSA) is 83.8 Å². The van der Waals surface area contributed by atoms with Gasteiger partial charge in [-0.05, 0) is 62.7 Å². The number of para-hydroxylation sites is 1. The zero-order chi connectivity index (χ0) is 24.3. The lowest BCUT2D eigenvalue weighted by atomic mass is 10.2. The summed E-state index contributed by atoms with van der Waals surface area (Å²) in [5, 5.41) is 4.43. The van der Waals surface area contributed by atoms with Crippen LogP contribution in [-0.4, -0.2) is 37.9 Å². The number of benzene rings is 2. The third-order valence-electron chi connectivity index (χ3n) is 5.07. The summed E-state index contributed by atoms with van der Waals surface area (Å²) in [5.74, 6) is -0.969. The summed E-state index contributed by atoms with van der Waals surface area (Å²) in [7, 11) is -3.73. The van der Waals surface area contributed by atoms with Crippen molar-refractivity contribution in [2.45, 2.75) is 20.8 Å². The first-order chi connectivity index (χ1) is 15.5. The number of anilines is 1. The molecule has 0 fully saturated rings. The van der Waals surface area contributed by atoms with Gasteiger partial charge in [-0.15, -0.1) is 0 Å². The molecule has 0 spiro atoms. The van der Waals surface area contributed by atoms with Gasteiger partial charge in [0.05, 0.1) is 23.8 Å². The zero-order valence-corrected chi connectivity index (χ0v) is 20.2. The molecule has 33 heavy (non-hydrogen) atoms. The van der Waals surface area contributed by atoms with Gasteiger partial charge in [0.15, 0.2) is 0 Å². The van der Waals surface area contributed by atoms with E-state index < -0.39 is 22.5 Å². The van der Waals surface area contributed by atoms with E-state index in [1.165, 1.54) is 12.3 Å². The van der Waals surface area contributed by atoms with E-state index in [2.05, 4.69) is 10.5 Å². The highest BCUT2D eigenvalue weighted by Crippen LogP contribution is 2.25. The van der Waals surface area contributed by atoms with Crippen LogP contribution in [0.2, 0.25) is 5.02 Å². The van der Waals surface area contributed by atoms with E-state index in [0.29, 0.717) is 27.5 Å². The van der Waals surface area contributed by atoms with Gasteiger partial charge in [0.1, 0.15) is 12.4 Å². The number of hydrogen-bond acceptors (Lipinski definition) is 4. The number of amides is 1. The second-order valence-corrected chi connectivity index (χ2v) is 9.95. The lowest BCUT2D eigenvalue weighted by Gasteiger charge is -2.23. The number of nitrogens with one attached hydrogen (secondary N) is 1. The molecule has 1 heterocycles. The molecular formula is C23H24ClFN4O3S. The van der Waals surface area contributed by atoms with Crippen LogP contribution in [0.1, 0.15) is 22.5 Å². The Morgan fingerprint density at radius 1 is 1.18 bits per heavy atom. The van der Waals surface area contributed by atoms with Crippen LogP contribution >= 0.6 is 11.6 Å². The summed E-state index contributed by atoms with van der Waals surface area (Å²) in [6.45, 7) is 4.92. The number of carbonyl (C=O) groups is 1. The molecular weight excluding hydrogens is 467 g/mol. The first kappa shape index (κ1) is 24.5. The van der Waals surface area contributed by atoms with Crippen LogP contribution in [0, 0.1) is 26.6 Å². The van der Waals surface area contributed by atoms with Crippen LogP contribution in [0.4, 0.5) is 10.1 Å². The van der Waals surface area contributed by atoms with Crippen LogP contribution in [0.25, 0.3) is 5.69 Å². The highest BCUT2D eigenvalue weighted by molar-refractivity contribution is 7.92. The van der Waals surface area contributed by atoms with E-state index in [1.54, 1.807) is 47.9 Å². The number of rotatable bonds is 7. The molecule has 7 nitrogen and oxygen atoms in total. The van der Waals surface area contributed by atoms with Crippen molar-refractivity contribution in [3.8, 4) is 5.69 Å². The van der Waals surface area contributed by atoms with Crippen LogP contribution in [0.15, 0.2) is 53.6 Å². The summed E-state index contributed by atoms with van der Waals surface area (Å²) in [6, 6.07) is 13.0. The quantitative estimate of drug-likeness (QED) is 0.399. The molecule has 0 radical (unpaired) electrons. The second kappa shape index (κ2) is 9.76. The average Bonchev–Trinajstić information content (AvgIpc) is 3.00. The molecule has 10 heteroatoms. The molecule has 2 aromatic carbocycles. The van der Waals surface area contributed by atoms with Crippen LogP contribution in [-0.2, 0) is 14.8 Å². The molecule has 0 aliphatic heterocycles. The lowest BCUT2D eigenvalue weighted by Crippen LogP contribution is -2.39. The number of sulfonamides is 1. The minimum Gasteiger partial charge on any atom is -0.315 e. The first-order valence-corrected chi connectivity index (χ1v) is 12.2. The minimum absolute atomic E-state index is 0.352. The van der Waals surface area contributed by atoms with Gasteiger partial charge >= 0.3 is 0 Å². The molecule has 0 aliphatic carbocycles. The minimum atomic E-state index is -3.73. The number of halogens is 2. The standard InChI is InChI=1S/C23H24ClFN4O3S/c1-15-11-19(24)9-10-21(15)28(33(4,31)32)14-23(30)27-26-13-18-12-16(2)29(17(18)3)22-8-6-5-7-20(22)25/h5-13H,14H2,1-4H3,(H,27,30). The van der Waals surface area contributed by atoms with Crippen molar-refractivity contribution in [2.75, 3.05) is 17.1 Å². The Balaban J connectivity index is 1.77. The number of aromatic nitrogens is 1. The SMILES string of the molecule is Cc1cc(Cl)ccc1N(CC(=O)NN=Cc1cc(C)n(-c2ccccc2F)c1C)S(C)(=O)=O. The predicted octanol–water partition coefficient (Wildman–Crippen LogP) is 4.11. The zero-order valence-electron chi connectivity index (χ0n) is 18.6. The maximum Gasteiger partial charge on any atom is 0.260 e. The van der Waals surface area contributed by atoms with E-state index in [4.69, 9.17) is 11.6 Å². The van der Waals surface area contributed by atoms with Gasteiger partial charge < -0.3 is 4.57 Å². The molecule has 0 bridgehead atoms. The number of aryl methyl sites for hydroxylation is 2. The van der Waals surface area contributed by atoms with Gasteiger partial charge in [0, 0.05) is 22.0 Å². The summed E-state index contributed by atoms with van der Waals surface area (Å²) < 4.78 is 41.6. The highest BCUT2D eigenvalue weighted by Gasteiger charge is 2.22. The van der Waals surface area contributed by atoms with E-state index in [9.17, 15) is 17.6 Å². The summed E-state index contributed by atoms with van der Waals surface area (Å²) in [5.41, 5.74) is 5.97. The molecule has 1 N–H and O–H groups in total. The monoisotopic (exact) mass is 490 g/mol. The van der Waals surface area contributed by atoms with E-state index in [0.717, 1.165) is 21.9 Å². The Labute approximate surface area is 197 Å². The molecule has 1 aromatic heterocycles. The summed E-state index contributed by atoms with van der Waals surface area (Å²) in [4.78, 5) is 12.5. The molecule has 0 aliphatic rings. The van der Waals surface area contributed by atoms with E-state index in [1.807, 2.05) is 19.9 Å².